The average Bonchev–Trinajstić information content (AvgIpc) is 2.69. The van der Waals surface area contributed by atoms with E-state index in [0.717, 1.165) is 16.7 Å². The van der Waals surface area contributed by atoms with Gasteiger partial charge in [0.1, 0.15) is 0 Å². The van der Waals surface area contributed by atoms with E-state index < -0.39 is 15.9 Å². The van der Waals surface area contributed by atoms with Gasteiger partial charge in [0.05, 0.1) is 10.6 Å². The monoisotopic (exact) mass is 442 g/mol. The van der Waals surface area contributed by atoms with E-state index >= 15 is 0 Å². The van der Waals surface area contributed by atoms with Crippen molar-refractivity contribution in [1.29, 1.82) is 0 Å². The fourth-order valence-electron chi connectivity index (χ4n) is 3.03. The first-order valence-electron chi connectivity index (χ1n) is 9.36. The topological polar surface area (TPSA) is 75.3 Å². The Bertz CT molecular complexity index is 1240. The van der Waals surface area contributed by atoms with Gasteiger partial charge >= 0.3 is 0 Å². The summed E-state index contributed by atoms with van der Waals surface area (Å²) in [6, 6.07) is 15.3. The van der Waals surface area contributed by atoms with Crippen LogP contribution in [0.2, 0.25) is 5.02 Å². The highest BCUT2D eigenvalue weighted by atomic mass is 35.5. The lowest BCUT2D eigenvalue weighted by Crippen LogP contribution is -2.18. The molecule has 0 fully saturated rings. The fraction of sp³-hybridized carbons (Fsp3) is 0.174. The number of halogens is 1. The Hall–Kier alpha value is -2.83. The number of rotatable bonds is 5. The maximum absolute atomic E-state index is 13.1. The molecule has 0 unspecified atom stereocenters. The lowest BCUT2D eigenvalue weighted by molar-refractivity contribution is 0.102. The first kappa shape index (κ1) is 21.9. The highest BCUT2D eigenvalue weighted by Gasteiger charge is 2.20. The van der Waals surface area contributed by atoms with Gasteiger partial charge in [0.2, 0.25) is 0 Å². The summed E-state index contributed by atoms with van der Waals surface area (Å²) in [5.74, 6) is -0.413. The van der Waals surface area contributed by atoms with Crippen molar-refractivity contribution in [3.05, 3.63) is 87.4 Å². The quantitative estimate of drug-likeness (QED) is 0.537. The number of anilines is 2. The maximum atomic E-state index is 13.1. The van der Waals surface area contributed by atoms with E-state index in [4.69, 9.17) is 11.6 Å². The van der Waals surface area contributed by atoms with E-state index in [2.05, 4.69) is 10.0 Å². The largest absolute Gasteiger partial charge is 0.322 e. The van der Waals surface area contributed by atoms with Gasteiger partial charge in [-0.05, 0) is 80.3 Å². The second-order valence-corrected chi connectivity index (χ2v) is 9.26. The van der Waals surface area contributed by atoms with Crippen molar-refractivity contribution in [2.24, 2.45) is 0 Å². The first-order valence-corrected chi connectivity index (χ1v) is 11.2. The van der Waals surface area contributed by atoms with Gasteiger partial charge in [-0.25, -0.2) is 8.42 Å². The average molecular weight is 443 g/mol. The molecule has 0 aromatic heterocycles. The summed E-state index contributed by atoms with van der Waals surface area (Å²) in [6.45, 7) is 7.27. The van der Waals surface area contributed by atoms with Crippen molar-refractivity contribution in [3.63, 3.8) is 0 Å². The number of carbonyl (C=O) groups excluding carboxylic acids is 1. The molecule has 0 heterocycles. The van der Waals surface area contributed by atoms with E-state index in [0.29, 0.717) is 22.0 Å². The van der Waals surface area contributed by atoms with Crippen LogP contribution in [0.1, 0.15) is 32.6 Å². The van der Waals surface area contributed by atoms with Crippen LogP contribution in [0.25, 0.3) is 0 Å². The molecule has 0 spiro atoms. The molecule has 0 aliphatic rings. The zero-order valence-corrected chi connectivity index (χ0v) is 18.8. The van der Waals surface area contributed by atoms with E-state index in [1.165, 1.54) is 6.07 Å². The van der Waals surface area contributed by atoms with Crippen LogP contribution in [0, 0.1) is 27.7 Å². The molecule has 3 aromatic carbocycles. The standard InChI is InChI=1S/C23H23ClN2O3S/c1-14-7-5-10-21(16(14)3)26-30(28,29)22-13-18(12-11-15(22)2)23(27)25-20-9-6-8-19(24)17(20)4/h5-13,26H,1-4H3,(H,25,27). The number of hydrogen-bond donors (Lipinski definition) is 2. The predicted molar refractivity (Wildman–Crippen MR) is 122 cm³/mol. The first-order chi connectivity index (χ1) is 14.1. The second kappa shape index (κ2) is 8.50. The van der Waals surface area contributed by atoms with Crippen molar-refractivity contribution >= 4 is 38.9 Å². The lowest BCUT2D eigenvalue weighted by Gasteiger charge is -2.15. The number of nitrogens with one attached hydrogen (secondary N) is 2. The van der Waals surface area contributed by atoms with Crippen LogP contribution in [0.5, 0.6) is 0 Å². The van der Waals surface area contributed by atoms with Crippen LogP contribution in [0.3, 0.4) is 0 Å². The highest BCUT2D eigenvalue weighted by Crippen LogP contribution is 2.26. The molecule has 156 valence electrons. The summed E-state index contributed by atoms with van der Waals surface area (Å²) in [5, 5.41) is 3.33. The molecular formula is C23H23ClN2O3S. The normalized spacial score (nSPS) is 11.2. The lowest BCUT2D eigenvalue weighted by atomic mass is 10.1. The van der Waals surface area contributed by atoms with Gasteiger partial charge in [-0.15, -0.1) is 0 Å². The van der Waals surface area contributed by atoms with E-state index in [-0.39, 0.29) is 10.5 Å². The zero-order chi connectivity index (χ0) is 22.1. The summed E-state index contributed by atoms with van der Waals surface area (Å²) in [7, 11) is -3.88. The fourth-order valence-corrected chi connectivity index (χ4v) is 4.60. The van der Waals surface area contributed by atoms with Crippen molar-refractivity contribution in [1.82, 2.24) is 0 Å². The molecule has 30 heavy (non-hydrogen) atoms. The Labute approximate surface area is 182 Å². The third kappa shape index (κ3) is 4.50. The Balaban J connectivity index is 1.93. The molecule has 1 amide bonds. The Kier molecular flexibility index (Phi) is 6.19. The molecule has 3 aromatic rings. The van der Waals surface area contributed by atoms with Gasteiger partial charge in [0.25, 0.3) is 15.9 Å². The van der Waals surface area contributed by atoms with Crippen LogP contribution in [0.4, 0.5) is 11.4 Å². The highest BCUT2D eigenvalue weighted by molar-refractivity contribution is 7.92. The summed E-state index contributed by atoms with van der Waals surface area (Å²) < 4.78 is 28.8. The Morgan fingerprint density at radius 2 is 1.50 bits per heavy atom. The number of carbonyl (C=O) groups is 1. The van der Waals surface area contributed by atoms with Crippen molar-refractivity contribution < 1.29 is 13.2 Å². The van der Waals surface area contributed by atoms with Crippen molar-refractivity contribution in [2.75, 3.05) is 10.0 Å². The molecule has 3 rings (SSSR count). The maximum Gasteiger partial charge on any atom is 0.262 e. The van der Waals surface area contributed by atoms with Gasteiger partial charge in [0, 0.05) is 16.3 Å². The van der Waals surface area contributed by atoms with Crippen molar-refractivity contribution in [2.45, 2.75) is 32.6 Å². The zero-order valence-electron chi connectivity index (χ0n) is 17.2. The third-order valence-electron chi connectivity index (χ3n) is 5.10. The van der Waals surface area contributed by atoms with Crippen LogP contribution < -0.4 is 10.0 Å². The van der Waals surface area contributed by atoms with Crippen LogP contribution in [0.15, 0.2) is 59.5 Å². The Morgan fingerprint density at radius 1 is 0.833 bits per heavy atom. The molecule has 0 aliphatic heterocycles. The molecule has 0 saturated carbocycles. The van der Waals surface area contributed by atoms with Crippen LogP contribution in [-0.4, -0.2) is 14.3 Å². The molecule has 5 nitrogen and oxygen atoms in total. The van der Waals surface area contributed by atoms with Crippen molar-refractivity contribution in [3.8, 4) is 0 Å². The minimum Gasteiger partial charge on any atom is -0.322 e. The molecule has 0 atom stereocenters. The van der Waals surface area contributed by atoms with Crippen LogP contribution >= 0.6 is 11.6 Å². The van der Waals surface area contributed by atoms with E-state index in [1.807, 2.05) is 19.9 Å². The van der Waals surface area contributed by atoms with Gasteiger partial charge in [0.15, 0.2) is 0 Å². The minimum atomic E-state index is -3.88. The van der Waals surface area contributed by atoms with E-state index in [9.17, 15) is 13.2 Å². The third-order valence-corrected chi connectivity index (χ3v) is 7.02. The molecule has 0 radical (unpaired) electrons. The SMILES string of the molecule is Cc1ccc(C(=O)Nc2cccc(Cl)c2C)cc1S(=O)(=O)Nc1cccc(C)c1C. The number of hydrogen-bond acceptors (Lipinski definition) is 3. The summed E-state index contributed by atoms with van der Waals surface area (Å²) >= 11 is 6.11. The number of benzene rings is 3. The summed E-state index contributed by atoms with van der Waals surface area (Å²) in [5.41, 5.74) is 4.44. The van der Waals surface area contributed by atoms with Gasteiger partial charge < -0.3 is 5.32 Å². The molecule has 2 N–H and O–H groups in total. The van der Waals surface area contributed by atoms with Gasteiger partial charge in [-0.3, -0.25) is 9.52 Å². The Morgan fingerprint density at radius 3 is 2.23 bits per heavy atom. The molecule has 0 bridgehead atoms. The summed E-state index contributed by atoms with van der Waals surface area (Å²) in [4.78, 5) is 12.8. The van der Waals surface area contributed by atoms with Gasteiger partial charge in [-0.1, -0.05) is 35.9 Å². The van der Waals surface area contributed by atoms with Gasteiger partial charge in [-0.2, -0.15) is 0 Å². The number of amides is 1. The minimum absolute atomic E-state index is 0.0545. The molecular weight excluding hydrogens is 420 g/mol. The number of aryl methyl sites for hydroxylation is 2. The predicted octanol–water partition coefficient (Wildman–Crippen LogP) is 5.63. The summed E-state index contributed by atoms with van der Waals surface area (Å²) in [6.07, 6.45) is 0. The molecule has 0 aliphatic carbocycles. The van der Waals surface area contributed by atoms with Crippen LogP contribution in [-0.2, 0) is 10.0 Å². The molecule has 7 heteroatoms. The second-order valence-electron chi connectivity index (χ2n) is 7.20. The van der Waals surface area contributed by atoms with E-state index in [1.54, 1.807) is 56.3 Å². The molecule has 0 saturated heterocycles. The smallest absolute Gasteiger partial charge is 0.262 e. The number of sulfonamides is 1.